The third-order valence-corrected chi connectivity index (χ3v) is 6.42. The Bertz CT molecular complexity index is 1190. The van der Waals surface area contributed by atoms with Gasteiger partial charge in [0.2, 0.25) is 0 Å². The Morgan fingerprint density at radius 3 is 2.58 bits per heavy atom. The van der Waals surface area contributed by atoms with Crippen molar-refractivity contribution in [3.05, 3.63) is 95.3 Å². The van der Waals surface area contributed by atoms with Crippen molar-refractivity contribution in [2.45, 2.75) is 23.8 Å². The van der Waals surface area contributed by atoms with E-state index in [0.29, 0.717) is 17.9 Å². The van der Waals surface area contributed by atoms with Crippen molar-refractivity contribution in [2.24, 2.45) is 7.05 Å². The van der Waals surface area contributed by atoms with Gasteiger partial charge < -0.3 is 9.88 Å². The second-order valence-corrected chi connectivity index (χ2v) is 8.54. The summed E-state index contributed by atoms with van der Waals surface area (Å²) in [5, 5.41) is 3.89. The third kappa shape index (κ3) is 4.97. The lowest BCUT2D eigenvalue weighted by Gasteiger charge is -2.13. The van der Waals surface area contributed by atoms with Crippen LogP contribution in [0, 0.1) is 5.82 Å². The standard InChI is InChI=1S/C25H24FN3OS/c1-17(19-6-4-3-5-7-19)15-27-24(30)20-10-13-22-23(14-20)29(2)25(28-22)31-16-18-8-11-21(26)12-9-18/h3-14,17H,15-16H2,1-2H3,(H,27,30). The van der Waals surface area contributed by atoms with Gasteiger partial charge in [0, 0.05) is 24.9 Å². The molecule has 0 aliphatic heterocycles. The maximum atomic E-state index is 13.1. The van der Waals surface area contributed by atoms with E-state index in [1.165, 1.54) is 17.7 Å². The number of fused-ring (bicyclic) bond motifs is 1. The average Bonchev–Trinajstić information content (AvgIpc) is 3.12. The van der Waals surface area contributed by atoms with Crippen LogP contribution in [-0.2, 0) is 12.8 Å². The van der Waals surface area contributed by atoms with Gasteiger partial charge >= 0.3 is 0 Å². The van der Waals surface area contributed by atoms with E-state index in [4.69, 9.17) is 0 Å². The van der Waals surface area contributed by atoms with E-state index in [0.717, 1.165) is 21.8 Å². The quantitative estimate of drug-likeness (QED) is 0.389. The summed E-state index contributed by atoms with van der Waals surface area (Å²) >= 11 is 1.59. The number of halogens is 1. The van der Waals surface area contributed by atoms with Crippen LogP contribution in [0.25, 0.3) is 11.0 Å². The van der Waals surface area contributed by atoms with Crippen molar-refractivity contribution in [3.63, 3.8) is 0 Å². The van der Waals surface area contributed by atoms with E-state index in [9.17, 15) is 9.18 Å². The Hall–Kier alpha value is -3.12. The topological polar surface area (TPSA) is 46.9 Å². The molecule has 3 aromatic carbocycles. The molecule has 4 nitrogen and oxygen atoms in total. The predicted octanol–water partition coefficient (Wildman–Crippen LogP) is 5.54. The van der Waals surface area contributed by atoms with E-state index in [1.54, 1.807) is 23.9 Å². The molecule has 158 valence electrons. The number of hydrogen-bond donors (Lipinski definition) is 1. The molecule has 0 radical (unpaired) electrons. The fourth-order valence-electron chi connectivity index (χ4n) is 3.41. The average molecular weight is 434 g/mol. The van der Waals surface area contributed by atoms with Crippen LogP contribution in [-0.4, -0.2) is 22.0 Å². The number of carbonyl (C=O) groups is 1. The SMILES string of the molecule is CC(CNC(=O)c1ccc2nc(SCc3ccc(F)cc3)n(C)c2c1)c1ccccc1. The summed E-state index contributed by atoms with van der Waals surface area (Å²) in [7, 11) is 1.95. The van der Waals surface area contributed by atoms with Gasteiger partial charge in [-0.25, -0.2) is 9.37 Å². The van der Waals surface area contributed by atoms with Crippen LogP contribution in [0.3, 0.4) is 0 Å². The number of amides is 1. The molecule has 0 saturated heterocycles. The predicted molar refractivity (Wildman–Crippen MR) is 124 cm³/mol. The summed E-state index contributed by atoms with van der Waals surface area (Å²) < 4.78 is 15.1. The normalized spacial score (nSPS) is 12.1. The van der Waals surface area contributed by atoms with Gasteiger partial charge in [0.15, 0.2) is 5.16 Å². The first kappa shape index (κ1) is 21.1. The van der Waals surface area contributed by atoms with Crippen LogP contribution in [0.4, 0.5) is 4.39 Å². The van der Waals surface area contributed by atoms with E-state index < -0.39 is 0 Å². The molecule has 1 heterocycles. The van der Waals surface area contributed by atoms with Gasteiger partial charge in [0.25, 0.3) is 5.91 Å². The second kappa shape index (κ2) is 9.35. The molecule has 1 amide bonds. The highest BCUT2D eigenvalue weighted by molar-refractivity contribution is 7.98. The minimum absolute atomic E-state index is 0.0913. The number of imidazole rings is 1. The van der Waals surface area contributed by atoms with Crippen LogP contribution in [0.5, 0.6) is 0 Å². The number of nitrogens with one attached hydrogen (secondary N) is 1. The van der Waals surface area contributed by atoms with E-state index in [2.05, 4.69) is 29.4 Å². The molecular weight excluding hydrogens is 409 g/mol. The smallest absolute Gasteiger partial charge is 0.251 e. The molecule has 0 spiro atoms. The maximum Gasteiger partial charge on any atom is 0.251 e. The van der Waals surface area contributed by atoms with Crippen LogP contribution in [0.1, 0.15) is 34.3 Å². The first-order valence-corrected chi connectivity index (χ1v) is 11.2. The Kier molecular flexibility index (Phi) is 6.37. The number of thioether (sulfide) groups is 1. The zero-order chi connectivity index (χ0) is 21.8. The third-order valence-electron chi connectivity index (χ3n) is 5.32. The summed E-state index contributed by atoms with van der Waals surface area (Å²) in [6.45, 7) is 2.68. The van der Waals surface area contributed by atoms with Gasteiger partial charge in [-0.1, -0.05) is 61.2 Å². The van der Waals surface area contributed by atoms with E-state index in [-0.39, 0.29) is 17.6 Å². The van der Waals surface area contributed by atoms with Gasteiger partial charge in [0.1, 0.15) is 5.82 Å². The summed E-state index contributed by atoms with van der Waals surface area (Å²) in [6, 6.07) is 22.2. The number of nitrogens with zero attached hydrogens (tertiary/aromatic N) is 2. The molecule has 0 fully saturated rings. The first-order chi connectivity index (χ1) is 15.0. The van der Waals surface area contributed by atoms with E-state index >= 15 is 0 Å². The van der Waals surface area contributed by atoms with Crippen LogP contribution >= 0.6 is 11.8 Å². The van der Waals surface area contributed by atoms with Crippen molar-refractivity contribution in [2.75, 3.05) is 6.54 Å². The highest BCUT2D eigenvalue weighted by atomic mass is 32.2. The first-order valence-electron chi connectivity index (χ1n) is 10.2. The summed E-state index contributed by atoms with van der Waals surface area (Å²) in [4.78, 5) is 17.4. The Balaban J connectivity index is 1.44. The molecule has 1 unspecified atom stereocenters. The summed E-state index contributed by atoms with van der Waals surface area (Å²) in [6.07, 6.45) is 0. The number of carbonyl (C=O) groups excluding carboxylic acids is 1. The lowest BCUT2D eigenvalue weighted by atomic mass is 10.0. The van der Waals surface area contributed by atoms with Gasteiger partial charge in [-0.15, -0.1) is 0 Å². The molecule has 31 heavy (non-hydrogen) atoms. The Morgan fingerprint density at radius 2 is 1.84 bits per heavy atom. The fourth-order valence-corrected chi connectivity index (χ4v) is 4.36. The molecule has 0 aliphatic rings. The molecule has 0 bridgehead atoms. The summed E-state index contributed by atoms with van der Waals surface area (Å²) in [5.41, 5.74) is 4.60. The van der Waals surface area contributed by atoms with Gasteiger partial charge in [-0.05, 0) is 47.4 Å². The molecule has 0 saturated carbocycles. The van der Waals surface area contributed by atoms with Crippen molar-refractivity contribution in [1.82, 2.24) is 14.9 Å². The lowest BCUT2D eigenvalue weighted by Crippen LogP contribution is -2.27. The van der Waals surface area contributed by atoms with Crippen LogP contribution < -0.4 is 5.32 Å². The molecule has 0 aliphatic carbocycles. The summed E-state index contributed by atoms with van der Waals surface area (Å²) in [5.74, 6) is 0.606. The maximum absolute atomic E-state index is 13.1. The van der Waals surface area contributed by atoms with Crippen molar-refractivity contribution in [3.8, 4) is 0 Å². The lowest BCUT2D eigenvalue weighted by molar-refractivity contribution is 0.0952. The van der Waals surface area contributed by atoms with E-state index in [1.807, 2.05) is 48.0 Å². The molecule has 6 heteroatoms. The second-order valence-electron chi connectivity index (χ2n) is 7.59. The van der Waals surface area contributed by atoms with Crippen LogP contribution in [0.2, 0.25) is 0 Å². The van der Waals surface area contributed by atoms with Crippen molar-refractivity contribution in [1.29, 1.82) is 0 Å². The fraction of sp³-hybridized carbons (Fsp3) is 0.200. The number of hydrogen-bond acceptors (Lipinski definition) is 3. The molecule has 1 atom stereocenters. The zero-order valence-electron chi connectivity index (χ0n) is 17.5. The minimum Gasteiger partial charge on any atom is -0.351 e. The molecule has 1 aromatic heterocycles. The number of benzene rings is 3. The van der Waals surface area contributed by atoms with Crippen molar-refractivity contribution < 1.29 is 9.18 Å². The Morgan fingerprint density at radius 1 is 1.10 bits per heavy atom. The molecule has 1 N–H and O–H groups in total. The molecule has 4 rings (SSSR count). The zero-order valence-corrected chi connectivity index (χ0v) is 18.3. The number of aromatic nitrogens is 2. The highest BCUT2D eigenvalue weighted by Crippen LogP contribution is 2.26. The number of aryl methyl sites for hydroxylation is 1. The van der Waals surface area contributed by atoms with Crippen molar-refractivity contribution >= 4 is 28.7 Å². The van der Waals surface area contributed by atoms with Gasteiger partial charge in [0.05, 0.1) is 11.0 Å². The largest absolute Gasteiger partial charge is 0.351 e. The van der Waals surface area contributed by atoms with Crippen LogP contribution in [0.15, 0.2) is 78.0 Å². The highest BCUT2D eigenvalue weighted by Gasteiger charge is 2.13. The minimum atomic E-state index is -0.236. The molecular formula is C25H24FN3OS. The monoisotopic (exact) mass is 433 g/mol. The van der Waals surface area contributed by atoms with Gasteiger partial charge in [-0.3, -0.25) is 4.79 Å². The Labute approximate surface area is 185 Å². The number of rotatable bonds is 7. The molecule has 4 aromatic rings. The van der Waals surface area contributed by atoms with Gasteiger partial charge in [-0.2, -0.15) is 0 Å².